The van der Waals surface area contributed by atoms with Crippen molar-refractivity contribution < 1.29 is 9.53 Å². The SMILES string of the molecule is COC(=O)CC(C)c1cc(C)cs1. The quantitative estimate of drug-likeness (QED) is 0.698. The second kappa shape index (κ2) is 4.42. The number of esters is 1. The van der Waals surface area contributed by atoms with E-state index in [0.717, 1.165) is 0 Å². The summed E-state index contributed by atoms with van der Waals surface area (Å²) in [7, 11) is 1.43. The van der Waals surface area contributed by atoms with E-state index >= 15 is 0 Å². The highest BCUT2D eigenvalue weighted by Gasteiger charge is 2.12. The second-order valence-corrected chi connectivity index (χ2v) is 4.15. The van der Waals surface area contributed by atoms with Crippen LogP contribution in [0.1, 0.15) is 29.7 Å². The van der Waals surface area contributed by atoms with Gasteiger partial charge in [0.1, 0.15) is 0 Å². The highest BCUT2D eigenvalue weighted by molar-refractivity contribution is 7.10. The van der Waals surface area contributed by atoms with Gasteiger partial charge in [-0.05, 0) is 23.9 Å². The number of carbonyl (C=O) groups is 1. The number of hydrogen-bond acceptors (Lipinski definition) is 3. The molecule has 1 aromatic heterocycles. The van der Waals surface area contributed by atoms with Crippen molar-refractivity contribution in [2.75, 3.05) is 7.11 Å². The van der Waals surface area contributed by atoms with Gasteiger partial charge in [-0.1, -0.05) is 6.92 Å². The molecule has 0 fully saturated rings. The Morgan fingerprint density at radius 3 is 2.85 bits per heavy atom. The molecule has 0 aliphatic heterocycles. The third-order valence-electron chi connectivity index (χ3n) is 1.94. The molecule has 0 amide bonds. The molecule has 2 nitrogen and oxygen atoms in total. The van der Waals surface area contributed by atoms with Crippen LogP contribution in [-0.4, -0.2) is 13.1 Å². The van der Waals surface area contributed by atoms with Crippen molar-refractivity contribution in [2.24, 2.45) is 0 Å². The lowest BCUT2D eigenvalue weighted by Crippen LogP contribution is -2.04. The van der Waals surface area contributed by atoms with Gasteiger partial charge < -0.3 is 4.74 Å². The van der Waals surface area contributed by atoms with Crippen LogP contribution in [0.4, 0.5) is 0 Å². The first-order valence-electron chi connectivity index (χ1n) is 4.25. The van der Waals surface area contributed by atoms with Gasteiger partial charge in [0.25, 0.3) is 0 Å². The van der Waals surface area contributed by atoms with Crippen LogP contribution >= 0.6 is 11.3 Å². The fourth-order valence-corrected chi connectivity index (χ4v) is 2.11. The molecule has 13 heavy (non-hydrogen) atoms. The van der Waals surface area contributed by atoms with Crippen molar-refractivity contribution in [2.45, 2.75) is 26.2 Å². The maximum Gasteiger partial charge on any atom is 0.306 e. The Labute approximate surface area is 82.5 Å². The maximum atomic E-state index is 11.0. The fourth-order valence-electron chi connectivity index (χ4n) is 1.15. The third-order valence-corrected chi connectivity index (χ3v) is 3.22. The van der Waals surface area contributed by atoms with Crippen LogP contribution in [0, 0.1) is 6.92 Å². The number of carbonyl (C=O) groups excluding carboxylic acids is 1. The number of hydrogen-bond donors (Lipinski definition) is 0. The van der Waals surface area contributed by atoms with Crippen molar-refractivity contribution in [1.82, 2.24) is 0 Å². The van der Waals surface area contributed by atoms with E-state index in [4.69, 9.17) is 0 Å². The number of rotatable bonds is 3. The predicted molar refractivity (Wildman–Crippen MR) is 54.1 cm³/mol. The minimum atomic E-state index is -0.140. The molecule has 1 heterocycles. The summed E-state index contributed by atoms with van der Waals surface area (Å²) in [5.74, 6) is 0.129. The van der Waals surface area contributed by atoms with E-state index in [2.05, 4.69) is 23.1 Å². The zero-order chi connectivity index (χ0) is 9.84. The smallest absolute Gasteiger partial charge is 0.306 e. The molecule has 0 aliphatic rings. The van der Waals surface area contributed by atoms with Crippen LogP contribution in [0.25, 0.3) is 0 Å². The van der Waals surface area contributed by atoms with E-state index in [-0.39, 0.29) is 11.9 Å². The standard InChI is InChI=1S/C10H14O2S/c1-7-4-9(13-6-7)8(2)5-10(11)12-3/h4,6,8H,5H2,1-3H3. The Hall–Kier alpha value is -0.830. The Balaban J connectivity index is 2.58. The van der Waals surface area contributed by atoms with Crippen molar-refractivity contribution in [3.63, 3.8) is 0 Å². The van der Waals surface area contributed by atoms with Crippen LogP contribution in [-0.2, 0) is 9.53 Å². The van der Waals surface area contributed by atoms with E-state index in [1.807, 2.05) is 6.92 Å². The fraction of sp³-hybridized carbons (Fsp3) is 0.500. The first-order chi connectivity index (χ1) is 6.13. The van der Waals surface area contributed by atoms with E-state index in [1.165, 1.54) is 17.6 Å². The summed E-state index contributed by atoms with van der Waals surface area (Å²) in [6, 6.07) is 2.12. The summed E-state index contributed by atoms with van der Waals surface area (Å²) in [5.41, 5.74) is 1.26. The summed E-state index contributed by atoms with van der Waals surface area (Å²) in [6.07, 6.45) is 0.469. The zero-order valence-electron chi connectivity index (χ0n) is 8.16. The van der Waals surface area contributed by atoms with Gasteiger partial charge in [0, 0.05) is 10.8 Å². The molecular weight excluding hydrogens is 184 g/mol. The highest BCUT2D eigenvalue weighted by atomic mass is 32.1. The van der Waals surface area contributed by atoms with Crippen molar-refractivity contribution in [3.05, 3.63) is 21.9 Å². The predicted octanol–water partition coefficient (Wildman–Crippen LogP) is 2.72. The zero-order valence-corrected chi connectivity index (χ0v) is 8.98. The topological polar surface area (TPSA) is 26.3 Å². The van der Waals surface area contributed by atoms with Gasteiger partial charge in [0.15, 0.2) is 0 Å². The number of thiophene rings is 1. The summed E-state index contributed by atoms with van der Waals surface area (Å²) in [5, 5.41) is 2.10. The first-order valence-corrected chi connectivity index (χ1v) is 5.13. The Kier molecular flexibility index (Phi) is 3.48. The molecular formula is C10H14O2S. The van der Waals surface area contributed by atoms with Gasteiger partial charge >= 0.3 is 5.97 Å². The molecule has 1 aromatic rings. The Bertz CT molecular complexity index is 291. The highest BCUT2D eigenvalue weighted by Crippen LogP contribution is 2.25. The van der Waals surface area contributed by atoms with Crippen LogP contribution in [0.15, 0.2) is 11.4 Å². The first kappa shape index (κ1) is 10.3. The minimum Gasteiger partial charge on any atom is -0.469 e. The van der Waals surface area contributed by atoms with Crippen LogP contribution in [0.2, 0.25) is 0 Å². The van der Waals surface area contributed by atoms with Gasteiger partial charge in [-0.2, -0.15) is 0 Å². The number of ether oxygens (including phenoxy) is 1. The van der Waals surface area contributed by atoms with Crippen molar-refractivity contribution in [1.29, 1.82) is 0 Å². The monoisotopic (exact) mass is 198 g/mol. The lowest BCUT2D eigenvalue weighted by Gasteiger charge is -2.06. The van der Waals surface area contributed by atoms with Crippen LogP contribution < -0.4 is 0 Å². The molecule has 3 heteroatoms. The van der Waals surface area contributed by atoms with E-state index in [0.29, 0.717) is 6.42 Å². The van der Waals surface area contributed by atoms with Gasteiger partial charge in [-0.25, -0.2) is 0 Å². The molecule has 1 rings (SSSR count). The molecule has 0 bridgehead atoms. The van der Waals surface area contributed by atoms with Crippen LogP contribution in [0.3, 0.4) is 0 Å². The molecule has 1 atom stereocenters. The molecule has 0 saturated carbocycles. The number of aryl methyl sites for hydroxylation is 1. The molecule has 0 N–H and O–H groups in total. The molecule has 0 spiro atoms. The van der Waals surface area contributed by atoms with Crippen LogP contribution in [0.5, 0.6) is 0 Å². The molecule has 0 aliphatic carbocycles. The number of methoxy groups -OCH3 is 1. The largest absolute Gasteiger partial charge is 0.469 e. The average Bonchev–Trinajstić information content (AvgIpc) is 2.51. The van der Waals surface area contributed by atoms with Crippen molar-refractivity contribution in [3.8, 4) is 0 Å². The van der Waals surface area contributed by atoms with E-state index in [9.17, 15) is 4.79 Å². The molecule has 72 valence electrons. The second-order valence-electron chi connectivity index (χ2n) is 3.21. The summed E-state index contributed by atoms with van der Waals surface area (Å²) < 4.78 is 4.61. The Morgan fingerprint density at radius 2 is 2.38 bits per heavy atom. The van der Waals surface area contributed by atoms with Gasteiger partial charge in [0.05, 0.1) is 13.5 Å². The van der Waals surface area contributed by atoms with Gasteiger partial charge in [-0.3, -0.25) is 4.79 Å². The lowest BCUT2D eigenvalue weighted by molar-refractivity contribution is -0.140. The minimum absolute atomic E-state index is 0.140. The van der Waals surface area contributed by atoms with E-state index in [1.54, 1.807) is 11.3 Å². The molecule has 1 unspecified atom stereocenters. The van der Waals surface area contributed by atoms with Gasteiger partial charge in [-0.15, -0.1) is 11.3 Å². The average molecular weight is 198 g/mol. The Morgan fingerprint density at radius 1 is 1.69 bits per heavy atom. The third kappa shape index (κ3) is 2.84. The van der Waals surface area contributed by atoms with E-state index < -0.39 is 0 Å². The van der Waals surface area contributed by atoms with Crippen molar-refractivity contribution >= 4 is 17.3 Å². The molecule has 0 aromatic carbocycles. The summed E-state index contributed by atoms with van der Waals surface area (Å²) in [4.78, 5) is 12.2. The molecule has 0 radical (unpaired) electrons. The lowest BCUT2D eigenvalue weighted by atomic mass is 10.1. The summed E-state index contributed by atoms with van der Waals surface area (Å²) >= 11 is 1.70. The summed E-state index contributed by atoms with van der Waals surface area (Å²) in [6.45, 7) is 4.10. The maximum absolute atomic E-state index is 11.0. The molecule has 0 saturated heterocycles. The normalized spacial score (nSPS) is 12.5. The van der Waals surface area contributed by atoms with Gasteiger partial charge in [0.2, 0.25) is 0 Å².